The van der Waals surface area contributed by atoms with Gasteiger partial charge in [-0.25, -0.2) is 0 Å². The van der Waals surface area contributed by atoms with Crippen molar-refractivity contribution in [3.8, 4) is 0 Å². The Bertz CT molecular complexity index is 334. The van der Waals surface area contributed by atoms with Gasteiger partial charge in [0.2, 0.25) is 5.91 Å². The van der Waals surface area contributed by atoms with E-state index < -0.39 is 5.41 Å². The van der Waals surface area contributed by atoms with Crippen molar-refractivity contribution in [3.05, 3.63) is 24.2 Å². The third-order valence-corrected chi connectivity index (χ3v) is 3.54. The maximum atomic E-state index is 12.2. The van der Waals surface area contributed by atoms with Crippen LogP contribution in [-0.2, 0) is 4.79 Å². The molecule has 17 heavy (non-hydrogen) atoms. The number of hydrogen-bond donors (Lipinski definition) is 2. The molecular formula is C13H22N2O2. The number of nitrogens with one attached hydrogen (secondary N) is 1. The topological polar surface area (TPSA) is 68.3 Å². The molecular weight excluding hydrogens is 216 g/mol. The quantitative estimate of drug-likeness (QED) is 0.798. The van der Waals surface area contributed by atoms with Crippen LogP contribution >= 0.6 is 0 Å². The first kappa shape index (κ1) is 13.8. The summed E-state index contributed by atoms with van der Waals surface area (Å²) in [5.74, 6) is 0.769. The van der Waals surface area contributed by atoms with Gasteiger partial charge in [-0.1, -0.05) is 13.8 Å². The number of furan rings is 1. The highest BCUT2D eigenvalue weighted by Crippen LogP contribution is 2.26. The van der Waals surface area contributed by atoms with Gasteiger partial charge < -0.3 is 15.5 Å². The Morgan fingerprint density at radius 2 is 2.18 bits per heavy atom. The van der Waals surface area contributed by atoms with Crippen LogP contribution in [0.15, 0.2) is 22.8 Å². The molecule has 0 aliphatic heterocycles. The molecule has 4 nitrogen and oxygen atoms in total. The molecule has 4 heteroatoms. The minimum Gasteiger partial charge on any atom is -0.467 e. The standard InChI is InChI=1S/C13H22N2O2/c1-4-13(5-2,9-14)12(16)15-10(3)11-7-6-8-17-11/h6-8,10H,4-5,9,14H2,1-3H3,(H,15,16)/t10-/m1/s1. The van der Waals surface area contributed by atoms with Crippen LogP contribution in [0.5, 0.6) is 0 Å². The van der Waals surface area contributed by atoms with Crippen molar-refractivity contribution in [1.82, 2.24) is 5.32 Å². The largest absolute Gasteiger partial charge is 0.467 e. The molecule has 0 saturated heterocycles. The lowest BCUT2D eigenvalue weighted by Crippen LogP contribution is -2.45. The van der Waals surface area contributed by atoms with Gasteiger partial charge in [-0.2, -0.15) is 0 Å². The zero-order chi connectivity index (χ0) is 12.9. The average molecular weight is 238 g/mol. The molecule has 0 aromatic carbocycles. The summed E-state index contributed by atoms with van der Waals surface area (Å²) in [6.45, 7) is 6.26. The summed E-state index contributed by atoms with van der Waals surface area (Å²) in [6.07, 6.45) is 3.10. The van der Waals surface area contributed by atoms with E-state index in [9.17, 15) is 4.79 Å². The van der Waals surface area contributed by atoms with Gasteiger partial charge in [0.25, 0.3) is 0 Å². The van der Waals surface area contributed by atoms with Gasteiger partial charge in [0.1, 0.15) is 5.76 Å². The number of carbonyl (C=O) groups excluding carboxylic acids is 1. The van der Waals surface area contributed by atoms with Gasteiger partial charge in [-0.3, -0.25) is 4.79 Å². The average Bonchev–Trinajstić information content (AvgIpc) is 2.85. The van der Waals surface area contributed by atoms with Crippen molar-refractivity contribution >= 4 is 5.91 Å². The Hall–Kier alpha value is -1.29. The van der Waals surface area contributed by atoms with E-state index in [1.54, 1.807) is 6.26 Å². The first-order chi connectivity index (χ1) is 8.09. The molecule has 1 heterocycles. The molecule has 0 spiro atoms. The molecule has 0 fully saturated rings. The highest BCUT2D eigenvalue weighted by molar-refractivity contribution is 5.83. The van der Waals surface area contributed by atoms with E-state index in [2.05, 4.69) is 5.32 Å². The van der Waals surface area contributed by atoms with Gasteiger partial charge in [0.05, 0.1) is 17.7 Å². The molecule has 96 valence electrons. The normalized spacial score (nSPS) is 13.4. The summed E-state index contributed by atoms with van der Waals surface area (Å²) < 4.78 is 5.26. The lowest BCUT2D eigenvalue weighted by atomic mass is 9.81. The number of nitrogens with two attached hydrogens (primary N) is 1. The highest BCUT2D eigenvalue weighted by atomic mass is 16.3. The second kappa shape index (κ2) is 5.87. The van der Waals surface area contributed by atoms with Crippen LogP contribution in [0.3, 0.4) is 0 Å². The fraction of sp³-hybridized carbons (Fsp3) is 0.615. The lowest BCUT2D eigenvalue weighted by molar-refractivity contribution is -0.131. The van der Waals surface area contributed by atoms with Gasteiger partial charge in [0, 0.05) is 6.54 Å². The zero-order valence-electron chi connectivity index (χ0n) is 10.8. The first-order valence-corrected chi connectivity index (χ1v) is 6.14. The van der Waals surface area contributed by atoms with Crippen molar-refractivity contribution in [2.24, 2.45) is 11.1 Å². The minimum absolute atomic E-state index is 0.00824. The molecule has 3 N–H and O–H groups in total. The molecule has 0 aliphatic rings. The summed E-state index contributed by atoms with van der Waals surface area (Å²) in [7, 11) is 0. The zero-order valence-corrected chi connectivity index (χ0v) is 10.8. The summed E-state index contributed by atoms with van der Waals surface area (Å²) in [5, 5.41) is 2.96. The minimum atomic E-state index is -0.457. The molecule has 1 aromatic rings. The van der Waals surface area contributed by atoms with E-state index in [0.29, 0.717) is 6.54 Å². The molecule has 0 saturated carbocycles. The maximum Gasteiger partial charge on any atom is 0.228 e. The van der Waals surface area contributed by atoms with Crippen molar-refractivity contribution in [1.29, 1.82) is 0 Å². The molecule has 1 rings (SSSR count). The third-order valence-electron chi connectivity index (χ3n) is 3.54. The second-order valence-corrected chi connectivity index (χ2v) is 4.40. The monoisotopic (exact) mass is 238 g/mol. The Morgan fingerprint density at radius 3 is 2.59 bits per heavy atom. The molecule has 0 bridgehead atoms. The fourth-order valence-electron chi connectivity index (χ4n) is 1.91. The molecule has 0 radical (unpaired) electrons. The summed E-state index contributed by atoms with van der Waals surface area (Å²) in [4.78, 5) is 12.2. The van der Waals surface area contributed by atoms with Crippen molar-refractivity contribution in [2.75, 3.05) is 6.54 Å². The Balaban J connectivity index is 2.71. The molecule has 1 atom stereocenters. The van der Waals surface area contributed by atoms with Crippen LogP contribution < -0.4 is 11.1 Å². The van der Waals surface area contributed by atoms with Gasteiger partial charge in [-0.15, -0.1) is 0 Å². The summed E-state index contributed by atoms with van der Waals surface area (Å²) in [5.41, 5.74) is 5.28. The van der Waals surface area contributed by atoms with E-state index in [4.69, 9.17) is 10.2 Å². The van der Waals surface area contributed by atoms with Gasteiger partial charge >= 0.3 is 0 Å². The lowest BCUT2D eigenvalue weighted by Gasteiger charge is -2.29. The molecule has 1 aromatic heterocycles. The van der Waals surface area contributed by atoms with Gasteiger partial charge in [0.15, 0.2) is 0 Å². The first-order valence-electron chi connectivity index (χ1n) is 6.14. The van der Waals surface area contributed by atoms with Crippen LogP contribution in [0, 0.1) is 5.41 Å². The van der Waals surface area contributed by atoms with E-state index >= 15 is 0 Å². The number of rotatable bonds is 6. The van der Waals surface area contributed by atoms with E-state index in [-0.39, 0.29) is 11.9 Å². The maximum absolute atomic E-state index is 12.2. The highest BCUT2D eigenvalue weighted by Gasteiger charge is 2.34. The van der Waals surface area contributed by atoms with E-state index in [1.807, 2.05) is 32.9 Å². The predicted molar refractivity (Wildman–Crippen MR) is 67.3 cm³/mol. The fourth-order valence-corrected chi connectivity index (χ4v) is 1.91. The van der Waals surface area contributed by atoms with Crippen molar-refractivity contribution < 1.29 is 9.21 Å². The molecule has 1 amide bonds. The SMILES string of the molecule is CCC(CC)(CN)C(=O)N[C@H](C)c1ccco1. The summed E-state index contributed by atoms with van der Waals surface area (Å²) in [6, 6.07) is 3.54. The van der Waals surface area contributed by atoms with Crippen LogP contribution in [0.2, 0.25) is 0 Å². The second-order valence-electron chi connectivity index (χ2n) is 4.40. The van der Waals surface area contributed by atoms with Crippen LogP contribution in [-0.4, -0.2) is 12.5 Å². The van der Waals surface area contributed by atoms with Crippen LogP contribution in [0.1, 0.15) is 45.4 Å². The Morgan fingerprint density at radius 1 is 1.53 bits per heavy atom. The Labute approximate surface area is 103 Å². The van der Waals surface area contributed by atoms with Crippen LogP contribution in [0.25, 0.3) is 0 Å². The third kappa shape index (κ3) is 2.88. The van der Waals surface area contributed by atoms with Crippen LogP contribution in [0.4, 0.5) is 0 Å². The Kier molecular flexibility index (Phi) is 4.75. The number of carbonyl (C=O) groups is 1. The predicted octanol–water partition coefficient (Wildman–Crippen LogP) is 2.22. The van der Waals surface area contributed by atoms with Crippen molar-refractivity contribution in [3.63, 3.8) is 0 Å². The summed E-state index contributed by atoms with van der Waals surface area (Å²) >= 11 is 0. The van der Waals surface area contributed by atoms with E-state index in [1.165, 1.54) is 0 Å². The number of hydrogen-bond acceptors (Lipinski definition) is 3. The smallest absolute Gasteiger partial charge is 0.228 e. The number of amides is 1. The molecule has 0 aliphatic carbocycles. The molecule has 0 unspecified atom stereocenters. The van der Waals surface area contributed by atoms with E-state index in [0.717, 1.165) is 18.6 Å². The van der Waals surface area contributed by atoms with Crippen molar-refractivity contribution in [2.45, 2.75) is 39.7 Å². The van der Waals surface area contributed by atoms with Gasteiger partial charge in [-0.05, 0) is 31.9 Å².